The van der Waals surface area contributed by atoms with Crippen LogP contribution in [0.2, 0.25) is 10.0 Å². The highest BCUT2D eigenvalue weighted by Crippen LogP contribution is 2.28. The molecule has 0 aliphatic heterocycles. The fraction of sp³-hybridized carbons (Fsp3) is 0.294. The van der Waals surface area contributed by atoms with Crippen molar-refractivity contribution in [3.8, 4) is 0 Å². The third kappa shape index (κ3) is 4.70. The Balaban J connectivity index is 2.05. The van der Waals surface area contributed by atoms with Gasteiger partial charge in [0.2, 0.25) is 10.0 Å². The molecular weight excluding hydrogens is 353 g/mol. The van der Waals surface area contributed by atoms with Gasteiger partial charge in [0.15, 0.2) is 0 Å². The summed E-state index contributed by atoms with van der Waals surface area (Å²) in [4.78, 5) is 0.0578. The number of hydrogen-bond acceptors (Lipinski definition) is 2. The molecule has 0 saturated carbocycles. The summed E-state index contributed by atoms with van der Waals surface area (Å²) in [6.07, 6.45) is 1.61. The molecule has 0 bridgehead atoms. The zero-order valence-electron chi connectivity index (χ0n) is 13.1. The Morgan fingerprint density at radius 1 is 1.00 bits per heavy atom. The minimum absolute atomic E-state index is 0.0578. The molecule has 0 radical (unpaired) electrons. The number of aryl methyl sites for hydroxylation is 2. The largest absolute Gasteiger partial charge is 0.242 e. The molecule has 1 N–H and O–H groups in total. The van der Waals surface area contributed by atoms with Crippen molar-refractivity contribution in [2.75, 3.05) is 6.54 Å². The molecule has 0 atom stereocenters. The lowest BCUT2D eigenvalue weighted by atomic mass is 10.1. The van der Waals surface area contributed by atoms with Crippen molar-refractivity contribution >= 4 is 33.2 Å². The maximum Gasteiger partial charge on any atom is 0.242 e. The zero-order valence-corrected chi connectivity index (χ0v) is 15.4. The first kappa shape index (κ1) is 18.3. The van der Waals surface area contributed by atoms with E-state index in [2.05, 4.69) is 23.8 Å². The SMILES string of the molecule is CCc1ccc(CCNS(=O)(=O)c2cc(C)c(Cl)cc2Cl)cc1. The van der Waals surface area contributed by atoms with Gasteiger partial charge in [-0.3, -0.25) is 0 Å². The van der Waals surface area contributed by atoms with Gasteiger partial charge < -0.3 is 0 Å². The highest BCUT2D eigenvalue weighted by Gasteiger charge is 2.18. The Morgan fingerprint density at radius 3 is 2.22 bits per heavy atom. The molecule has 124 valence electrons. The summed E-state index contributed by atoms with van der Waals surface area (Å²) in [6, 6.07) is 11.1. The number of nitrogens with one attached hydrogen (secondary N) is 1. The number of hydrogen-bond donors (Lipinski definition) is 1. The lowest BCUT2D eigenvalue weighted by molar-refractivity contribution is 0.581. The van der Waals surface area contributed by atoms with Crippen LogP contribution < -0.4 is 4.72 Å². The van der Waals surface area contributed by atoms with Crippen molar-refractivity contribution in [2.45, 2.75) is 31.6 Å². The molecule has 0 amide bonds. The van der Waals surface area contributed by atoms with E-state index in [1.807, 2.05) is 12.1 Å². The molecule has 0 unspecified atom stereocenters. The molecule has 0 aliphatic rings. The van der Waals surface area contributed by atoms with E-state index in [4.69, 9.17) is 23.2 Å². The van der Waals surface area contributed by atoms with Gasteiger partial charge in [0, 0.05) is 11.6 Å². The molecule has 2 rings (SSSR count). The van der Waals surface area contributed by atoms with Crippen LogP contribution in [-0.4, -0.2) is 15.0 Å². The molecule has 0 heterocycles. The van der Waals surface area contributed by atoms with Crippen molar-refractivity contribution < 1.29 is 8.42 Å². The minimum Gasteiger partial charge on any atom is -0.211 e. The summed E-state index contributed by atoms with van der Waals surface area (Å²) < 4.78 is 27.3. The zero-order chi connectivity index (χ0) is 17.0. The Kier molecular flexibility index (Phi) is 6.09. The number of rotatable bonds is 6. The molecule has 6 heteroatoms. The molecule has 0 fully saturated rings. The summed E-state index contributed by atoms with van der Waals surface area (Å²) in [5, 5.41) is 0.574. The minimum atomic E-state index is -3.65. The van der Waals surface area contributed by atoms with Gasteiger partial charge in [-0.2, -0.15) is 0 Å². The summed E-state index contributed by atoms with van der Waals surface area (Å²) in [5.41, 5.74) is 3.02. The first-order valence-electron chi connectivity index (χ1n) is 7.36. The van der Waals surface area contributed by atoms with Gasteiger partial charge in [0.05, 0.1) is 5.02 Å². The fourth-order valence-corrected chi connectivity index (χ4v) is 4.05. The quantitative estimate of drug-likeness (QED) is 0.818. The van der Waals surface area contributed by atoms with E-state index >= 15 is 0 Å². The van der Waals surface area contributed by atoms with Crippen LogP contribution in [0, 0.1) is 6.92 Å². The average Bonchev–Trinajstić information content (AvgIpc) is 2.51. The lowest BCUT2D eigenvalue weighted by Gasteiger charge is -2.10. The van der Waals surface area contributed by atoms with E-state index in [1.165, 1.54) is 17.7 Å². The van der Waals surface area contributed by atoms with Crippen molar-refractivity contribution in [1.29, 1.82) is 0 Å². The summed E-state index contributed by atoms with van der Waals surface area (Å²) in [6.45, 7) is 4.15. The van der Waals surface area contributed by atoms with Gasteiger partial charge in [0.25, 0.3) is 0 Å². The Morgan fingerprint density at radius 2 is 1.61 bits per heavy atom. The summed E-state index contributed by atoms with van der Waals surface area (Å²) in [5.74, 6) is 0. The maximum atomic E-state index is 12.4. The molecule has 23 heavy (non-hydrogen) atoms. The van der Waals surface area contributed by atoms with Crippen LogP contribution in [-0.2, 0) is 22.9 Å². The standard InChI is InChI=1S/C17H19Cl2NO2S/c1-3-13-4-6-14(7-5-13)8-9-20-23(21,22)17-10-12(2)15(18)11-16(17)19/h4-7,10-11,20H,3,8-9H2,1-2H3. The monoisotopic (exact) mass is 371 g/mol. The highest BCUT2D eigenvalue weighted by atomic mass is 35.5. The molecule has 2 aromatic rings. The normalized spacial score (nSPS) is 11.7. The highest BCUT2D eigenvalue weighted by molar-refractivity contribution is 7.89. The first-order chi connectivity index (χ1) is 10.8. The van der Waals surface area contributed by atoms with E-state index in [0.717, 1.165) is 12.0 Å². The summed E-state index contributed by atoms with van der Waals surface area (Å²) >= 11 is 12.0. The molecule has 0 saturated heterocycles. The Labute approximate surface area is 147 Å². The Bertz CT molecular complexity index is 787. The lowest BCUT2D eigenvalue weighted by Crippen LogP contribution is -2.26. The van der Waals surface area contributed by atoms with E-state index in [1.54, 1.807) is 6.92 Å². The van der Waals surface area contributed by atoms with Gasteiger partial charge in [-0.25, -0.2) is 13.1 Å². The van der Waals surface area contributed by atoms with Crippen LogP contribution in [0.1, 0.15) is 23.6 Å². The second kappa shape index (κ2) is 7.67. The van der Waals surface area contributed by atoms with Crippen molar-refractivity contribution in [2.24, 2.45) is 0 Å². The van der Waals surface area contributed by atoms with Gasteiger partial charge in [0.1, 0.15) is 4.90 Å². The topological polar surface area (TPSA) is 46.2 Å². The van der Waals surface area contributed by atoms with Crippen LogP contribution >= 0.6 is 23.2 Å². The van der Waals surface area contributed by atoms with Crippen LogP contribution in [0.5, 0.6) is 0 Å². The Hall–Kier alpha value is -1.07. The molecule has 0 aliphatic carbocycles. The predicted molar refractivity (Wildman–Crippen MR) is 95.9 cm³/mol. The number of benzene rings is 2. The molecule has 2 aromatic carbocycles. The van der Waals surface area contributed by atoms with Gasteiger partial charge >= 0.3 is 0 Å². The third-order valence-electron chi connectivity index (χ3n) is 3.64. The van der Waals surface area contributed by atoms with Gasteiger partial charge in [-0.1, -0.05) is 54.4 Å². The van der Waals surface area contributed by atoms with Crippen molar-refractivity contribution in [1.82, 2.24) is 4.72 Å². The second-order valence-electron chi connectivity index (χ2n) is 5.35. The molecule has 0 spiro atoms. The van der Waals surface area contributed by atoms with E-state index in [-0.39, 0.29) is 9.92 Å². The first-order valence-corrected chi connectivity index (χ1v) is 9.60. The van der Waals surface area contributed by atoms with Crippen LogP contribution in [0.15, 0.2) is 41.3 Å². The maximum absolute atomic E-state index is 12.4. The van der Waals surface area contributed by atoms with Gasteiger partial charge in [-0.15, -0.1) is 0 Å². The van der Waals surface area contributed by atoms with E-state index in [9.17, 15) is 8.42 Å². The van der Waals surface area contributed by atoms with Crippen LogP contribution in [0.25, 0.3) is 0 Å². The predicted octanol–water partition coefficient (Wildman–Crippen LogP) is 4.39. The summed E-state index contributed by atoms with van der Waals surface area (Å²) in [7, 11) is -3.65. The fourth-order valence-electron chi connectivity index (χ4n) is 2.19. The van der Waals surface area contributed by atoms with Crippen LogP contribution in [0.3, 0.4) is 0 Å². The number of halogens is 2. The van der Waals surface area contributed by atoms with Crippen LogP contribution in [0.4, 0.5) is 0 Å². The molecule has 0 aromatic heterocycles. The molecule has 3 nitrogen and oxygen atoms in total. The van der Waals surface area contributed by atoms with Crippen molar-refractivity contribution in [3.63, 3.8) is 0 Å². The van der Waals surface area contributed by atoms with Gasteiger partial charge in [-0.05, 0) is 48.6 Å². The van der Waals surface area contributed by atoms with E-state index < -0.39 is 10.0 Å². The smallest absolute Gasteiger partial charge is 0.211 e. The second-order valence-corrected chi connectivity index (χ2v) is 7.90. The van der Waals surface area contributed by atoms with Crippen molar-refractivity contribution in [3.05, 3.63) is 63.1 Å². The average molecular weight is 372 g/mol. The number of sulfonamides is 1. The third-order valence-corrected chi connectivity index (χ3v) is 5.97. The molecular formula is C17H19Cl2NO2S. The van der Waals surface area contributed by atoms with E-state index in [0.29, 0.717) is 23.6 Å².